The van der Waals surface area contributed by atoms with Gasteiger partial charge in [0, 0.05) is 36.8 Å². The summed E-state index contributed by atoms with van der Waals surface area (Å²) in [6, 6.07) is 74.6. The highest BCUT2D eigenvalue weighted by atomic mass is 32.1. The molecule has 0 unspecified atom stereocenters. The van der Waals surface area contributed by atoms with Crippen LogP contribution in [0.2, 0.25) is 0 Å². The molecule has 0 saturated carbocycles. The van der Waals surface area contributed by atoms with Crippen LogP contribution in [0.1, 0.15) is 25.0 Å². The van der Waals surface area contributed by atoms with Crippen LogP contribution in [0, 0.1) is 0 Å². The second kappa shape index (κ2) is 13.0. The van der Waals surface area contributed by atoms with Crippen molar-refractivity contribution in [2.45, 2.75) is 19.3 Å². The molecule has 1 aromatic heterocycles. The highest BCUT2D eigenvalue weighted by Gasteiger charge is 2.39. The van der Waals surface area contributed by atoms with Crippen molar-refractivity contribution in [1.82, 2.24) is 0 Å². The van der Waals surface area contributed by atoms with Crippen LogP contribution in [0.4, 0.5) is 17.1 Å². The van der Waals surface area contributed by atoms with Crippen LogP contribution < -0.4 is 4.90 Å². The van der Waals surface area contributed by atoms with Crippen LogP contribution in [0.25, 0.3) is 85.9 Å². The van der Waals surface area contributed by atoms with E-state index in [0.717, 1.165) is 11.4 Å². The van der Waals surface area contributed by atoms with Gasteiger partial charge < -0.3 is 4.90 Å². The first-order valence-electron chi connectivity index (χ1n) is 20.5. The predicted octanol–water partition coefficient (Wildman–Crippen LogP) is 16.6. The number of hydrogen-bond acceptors (Lipinski definition) is 2. The Labute approximate surface area is 348 Å². The topological polar surface area (TPSA) is 3.24 Å². The molecular formula is C57H39NS. The lowest BCUT2D eigenvalue weighted by atomic mass is 9.80. The van der Waals surface area contributed by atoms with E-state index in [1.54, 1.807) is 0 Å². The first-order chi connectivity index (χ1) is 29.0. The largest absolute Gasteiger partial charge is 0.310 e. The minimum absolute atomic E-state index is 0.248. The molecule has 0 spiro atoms. The van der Waals surface area contributed by atoms with Gasteiger partial charge in [0.1, 0.15) is 0 Å². The van der Waals surface area contributed by atoms with Crippen molar-refractivity contribution in [1.29, 1.82) is 0 Å². The van der Waals surface area contributed by atoms with E-state index in [0.29, 0.717) is 0 Å². The molecule has 0 amide bonds. The van der Waals surface area contributed by atoms with Crippen LogP contribution in [-0.4, -0.2) is 0 Å². The first-order valence-corrected chi connectivity index (χ1v) is 21.3. The van der Waals surface area contributed by atoms with Crippen LogP contribution in [-0.2, 0) is 5.41 Å². The quantitative estimate of drug-likeness (QED) is 0.169. The van der Waals surface area contributed by atoms with E-state index in [9.17, 15) is 0 Å². The average molecular weight is 770 g/mol. The van der Waals surface area contributed by atoms with Crippen LogP contribution in [0.3, 0.4) is 0 Å². The van der Waals surface area contributed by atoms with Crippen LogP contribution >= 0.6 is 11.3 Å². The van der Waals surface area contributed by atoms with Crippen molar-refractivity contribution in [3.63, 3.8) is 0 Å². The third-order valence-electron chi connectivity index (χ3n) is 12.8. The SMILES string of the molecule is CC1(C)c2cc3ccccc3cc2-c2cccc(N(c3ccc(-c4ccc5sc6ccccc6c5c4)cc3)c3ccc4ccccc4c3-c3ccc4ccccc4c3)c21. The average Bonchev–Trinajstić information content (AvgIpc) is 3.77. The minimum atomic E-state index is -0.248. The Kier molecular flexibility index (Phi) is 7.51. The summed E-state index contributed by atoms with van der Waals surface area (Å²) in [6.07, 6.45) is 0. The summed E-state index contributed by atoms with van der Waals surface area (Å²) in [5.41, 5.74) is 13.4. The van der Waals surface area contributed by atoms with E-state index >= 15 is 0 Å². The van der Waals surface area contributed by atoms with Gasteiger partial charge in [0.05, 0.1) is 11.4 Å². The summed E-state index contributed by atoms with van der Waals surface area (Å²) >= 11 is 1.87. The molecule has 10 aromatic carbocycles. The van der Waals surface area contributed by atoms with E-state index in [-0.39, 0.29) is 5.41 Å². The number of hydrogen-bond donors (Lipinski definition) is 0. The molecule has 1 aliphatic carbocycles. The molecule has 59 heavy (non-hydrogen) atoms. The maximum absolute atomic E-state index is 2.54. The zero-order valence-electron chi connectivity index (χ0n) is 32.9. The van der Waals surface area contributed by atoms with Crippen LogP contribution in [0.5, 0.6) is 0 Å². The summed E-state index contributed by atoms with van der Waals surface area (Å²) in [7, 11) is 0. The molecule has 1 aliphatic rings. The fourth-order valence-electron chi connectivity index (χ4n) is 9.93. The molecule has 0 N–H and O–H groups in total. The van der Waals surface area contributed by atoms with Gasteiger partial charge >= 0.3 is 0 Å². The molecule has 0 atom stereocenters. The maximum Gasteiger partial charge on any atom is 0.0546 e. The third-order valence-corrected chi connectivity index (χ3v) is 13.9. The van der Waals surface area contributed by atoms with Gasteiger partial charge in [0.2, 0.25) is 0 Å². The fraction of sp³-hybridized carbons (Fsp3) is 0.0526. The second-order valence-electron chi connectivity index (χ2n) is 16.5. The summed E-state index contributed by atoms with van der Waals surface area (Å²) in [6.45, 7) is 4.82. The Morgan fingerprint density at radius 2 is 1.02 bits per heavy atom. The van der Waals surface area contributed by atoms with E-state index in [1.165, 1.54) is 103 Å². The van der Waals surface area contributed by atoms with Gasteiger partial charge in [-0.05, 0) is 132 Å². The van der Waals surface area contributed by atoms with Crippen molar-refractivity contribution in [3.05, 3.63) is 211 Å². The standard InChI is InChI=1S/C57H39NS/c1-57(2)50-35-41-16-6-5-15-40(41)33-48(50)47-19-11-20-52(56(47)57)58(44-28-24-37(25-29-44)42-27-31-54-49(34-42)46-18-9-10-21-53(46)59-54)51-30-26-38-13-7-8-17-45(38)55(51)43-23-22-36-12-3-4-14-39(36)32-43/h3-35H,1-2H3. The number of nitrogens with zero attached hydrogens (tertiary/aromatic N) is 1. The Morgan fingerprint density at radius 1 is 0.390 bits per heavy atom. The van der Waals surface area contributed by atoms with Crippen molar-refractivity contribution < 1.29 is 0 Å². The van der Waals surface area contributed by atoms with Crippen molar-refractivity contribution in [3.8, 4) is 33.4 Å². The normalized spacial score (nSPS) is 13.1. The highest BCUT2D eigenvalue weighted by Crippen LogP contribution is 2.56. The molecule has 0 bridgehead atoms. The number of fused-ring (bicyclic) bond motifs is 9. The summed E-state index contributed by atoms with van der Waals surface area (Å²) < 4.78 is 2.65. The Balaban J connectivity index is 1.10. The van der Waals surface area contributed by atoms with Crippen LogP contribution in [0.15, 0.2) is 200 Å². The third kappa shape index (κ3) is 5.30. The molecular weight excluding hydrogens is 731 g/mol. The van der Waals surface area contributed by atoms with E-state index < -0.39 is 0 Å². The van der Waals surface area contributed by atoms with Gasteiger partial charge in [-0.25, -0.2) is 0 Å². The first kappa shape index (κ1) is 34.1. The van der Waals surface area contributed by atoms with Gasteiger partial charge in [0.25, 0.3) is 0 Å². The molecule has 0 radical (unpaired) electrons. The molecule has 278 valence electrons. The highest BCUT2D eigenvalue weighted by molar-refractivity contribution is 7.25. The lowest BCUT2D eigenvalue weighted by Crippen LogP contribution is -2.21. The van der Waals surface area contributed by atoms with Gasteiger partial charge in [0.15, 0.2) is 0 Å². The van der Waals surface area contributed by atoms with E-state index in [2.05, 4.69) is 219 Å². The zero-order chi connectivity index (χ0) is 39.2. The number of benzene rings is 10. The molecule has 1 nitrogen and oxygen atoms in total. The zero-order valence-corrected chi connectivity index (χ0v) is 33.7. The van der Waals surface area contributed by atoms with Crippen molar-refractivity contribution in [2.75, 3.05) is 4.90 Å². The molecule has 11 aromatic rings. The summed E-state index contributed by atoms with van der Waals surface area (Å²) in [4.78, 5) is 2.54. The number of anilines is 3. The molecule has 0 fully saturated rings. The van der Waals surface area contributed by atoms with Crippen molar-refractivity contribution >= 4 is 80.9 Å². The number of thiophene rings is 1. The van der Waals surface area contributed by atoms with E-state index in [1.807, 2.05) is 11.3 Å². The lowest BCUT2D eigenvalue weighted by molar-refractivity contribution is 0.661. The fourth-order valence-corrected chi connectivity index (χ4v) is 11.0. The molecule has 2 heteroatoms. The van der Waals surface area contributed by atoms with Gasteiger partial charge in [-0.1, -0.05) is 153 Å². The smallest absolute Gasteiger partial charge is 0.0546 e. The van der Waals surface area contributed by atoms with Crippen molar-refractivity contribution in [2.24, 2.45) is 0 Å². The molecule has 0 aliphatic heterocycles. The predicted molar refractivity (Wildman–Crippen MR) is 255 cm³/mol. The Bertz CT molecular complexity index is 3480. The van der Waals surface area contributed by atoms with Gasteiger partial charge in [-0.3, -0.25) is 0 Å². The lowest BCUT2D eigenvalue weighted by Gasteiger charge is -2.34. The summed E-state index contributed by atoms with van der Waals surface area (Å²) in [5.74, 6) is 0. The van der Waals surface area contributed by atoms with E-state index in [4.69, 9.17) is 0 Å². The second-order valence-corrected chi connectivity index (χ2v) is 17.6. The Hall–Kier alpha value is -7.00. The van der Waals surface area contributed by atoms with Gasteiger partial charge in [-0.2, -0.15) is 0 Å². The summed E-state index contributed by atoms with van der Waals surface area (Å²) in [5, 5.41) is 10.1. The molecule has 12 rings (SSSR count). The van der Waals surface area contributed by atoms with Gasteiger partial charge in [-0.15, -0.1) is 11.3 Å². The maximum atomic E-state index is 2.54. The molecule has 1 heterocycles. The number of rotatable bonds is 5. The Morgan fingerprint density at radius 3 is 1.83 bits per heavy atom. The monoisotopic (exact) mass is 769 g/mol. The molecule has 0 saturated heterocycles. The minimum Gasteiger partial charge on any atom is -0.310 e.